The third-order valence-electron chi connectivity index (χ3n) is 4.25. The molecule has 10 nitrogen and oxygen atoms in total. The zero-order valence-corrected chi connectivity index (χ0v) is 17.2. The molecule has 0 aliphatic heterocycles. The van der Waals surface area contributed by atoms with E-state index in [4.69, 9.17) is 0 Å². The second-order valence-corrected chi connectivity index (χ2v) is 7.29. The second-order valence-electron chi connectivity index (χ2n) is 6.34. The predicted octanol–water partition coefficient (Wildman–Crippen LogP) is 3.57. The summed E-state index contributed by atoms with van der Waals surface area (Å²) in [5.74, 6) is -0.0995. The van der Waals surface area contributed by atoms with Gasteiger partial charge >= 0.3 is 0 Å². The molecule has 0 atom stereocenters. The number of carbonyl (C=O) groups excluding carboxylic acids is 1. The first-order chi connectivity index (χ1) is 15.6. The summed E-state index contributed by atoms with van der Waals surface area (Å²) in [5.41, 5.74) is 6.50. The van der Waals surface area contributed by atoms with E-state index in [0.29, 0.717) is 16.3 Å². The van der Waals surface area contributed by atoms with Crippen molar-refractivity contribution in [2.24, 2.45) is 10.2 Å². The second kappa shape index (κ2) is 9.53. The van der Waals surface area contributed by atoms with Gasteiger partial charge in [0.15, 0.2) is 11.5 Å². The molecule has 0 saturated carbocycles. The van der Waals surface area contributed by atoms with Crippen LogP contribution in [0.4, 0.5) is 11.5 Å². The standard InChI is InChI=1S/C21H15N7O3S/c29-21(27-24-12-14-5-3-6-15(11-14)28(30)31)19(18-9-4-10-32-18)25-26-20-16-7-1-2-8-17(16)22-13-23-20/h1-13H,(H,27,29)(H,22,23,26)/b24-12-,25-19-. The topological polar surface area (TPSA) is 135 Å². The Kier molecular flexibility index (Phi) is 6.18. The van der Waals surface area contributed by atoms with Crippen LogP contribution in [-0.2, 0) is 4.79 Å². The number of hydrogen-bond acceptors (Lipinski definition) is 9. The van der Waals surface area contributed by atoms with Crippen LogP contribution in [0.2, 0.25) is 0 Å². The highest BCUT2D eigenvalue weighted by Gasteiger charge is 2.15. The summed E-state index contributed by atoms with van der Waals surface area (Å²) in [5, 5.41) is 21.6. The van der Waals surface area contributed by atoms with E-state index in [9.17, 15) is 14.9 Å². The van der Waals surface area contributed by atoms with E-state index < -0.39 is 10.8 Å². The van der Waals surface area contributed by atoms with Gasteiger partial charge in [0, 0.05) is 23.1 Å². The van der Waals surface area contributed by atoms with Gasteiger partial charge in [0.2, 0.25) is 0 Å². The van der Waals surface area contributed by atoms with Gasteiger partial charge in [-0.15, -0.1) is 11.3 Å². The first kappa shape index (κ1) is 20.8. The highest BCUT2D eigenvalue weighted by Crippen LogP contribution is 2.19. The molecule has 0 fully saturated rings. The zero-order chi connectivity index (χ0) is 22.3. The van der Waals surface area contributed by atoms with E-state index in [2.05, 4.69) is 31.0 Å². The Bertz CT molecular complexity index is 1330. The average molecular weight is 445 g/mol. The van der Waals surface area contributed by atoms with Crippen molar-refractivity contribution in [3.63, 3.8) is 0 Å². The Morgan fingerprint density at radius 1 is 1.09 bits per heavy atom. The Morgan fingerprint density at radius 2 is 1.97 bits per heavy atom. The van der Waals surface area contributed by atoms with Crippen LogP contribution in [0.3, 0.4) is 0 Å². The van der Waals surface area contributed by atoms with Gasteiger partial charge in [-0.25, -0.2) is 15.4 Å². The molecule has 0 radical (unpaired) electrons. The lowest BCUT2D eigenvalue weighted by Gasteiger charge is -2.06. The van der Waals surface area contributed by atoms with Crippen LogP contribution >= 0.6 is 11.3 Å². The molecule has 0 saturated heterocycles. The SMILES string of the molecule is O=C(N/N=C\c1cccc([N+](=O)[O-])c1)/C(=N\Nc1ncnc2ccccc12)c1cccs1. The molecule has 2 aromatic carbocycles. The van der Waals surface area contributed by atoms with Gasteiger partial charge in [-0.3, -0.25) is 20.3 Å². The normalized spacial score (nSPS) is 11.6. The Morgan fingerprint density at radius 3 is 2.78 bits per heavy atom. The van der Waals surface area contributed by atoms with Crippen LogP contribution in [0.15, 0.2) is 82.6 Å². The Hall–Kier alpha value is -4.51. The number of nitro groups is 1. The van der Waals surface area contributed by atoms with Gasteiger partial charge in [-0.2, -0.15) is 10.2 Å². The summed E-state index contributed by atoms with van der Waals surface area (Å²) in [4.78, 5) is 32.2. The number of fused-ring (bicyclic) bond motifs is 1. The summed E-state index contributed by atoms with van der Waals surface area (Å²) in [6.07, 6.45) is 2.73. The number of thiophene rings is 1. The van der Waals surface area contributed by atoms with Crippen molar-refractivity contribution in [2.75, 3.05) is 5.43 Å². The lowest BCUT2D eigenvalue weighted by molar-refractivity contribution is -0.384. The lowest BCUT2D eigenvalue weighted by atomic mass is 10.2. The van der Waals surface area contributed by atoms with E-state index in [1.807, 2.05) is 29.6 Å². The van der Waals surface area contributed by atoms with Gasteiger partial charge in [0.05, 0.1) is 21.5 Å². The van der Waals surface area contributed by atoms with Crippen LogP contribution in [0, 0.1) is 10.1 Å². The number of rotatable bonds is 7. The molecule has 0 aliphatic rings. The molecule has 0 aliphatic carbocycles. The predicted molar refractivity (Wildman–Crippen MR) is 123 cm³/mol. The number of aromatic nitrogens is 2. The molecular formula is C21H15N7O3S. The van der Waals surface area contributed by atoms with Gasteiger partial charge in [0.25, 0.3) is 11.6 Å². The maximum Gasteiger partial charge on any atom is 0.293 e. The molecule has 2 aromatic heterocycles. The third kappa shape index (κ3) is 4.79. The Balaban J connectivity index is 1.55. The fourth-order valence-corrected chi connectivity index (χ4v) is 3.48. The highest BCUT2D eigenvalue weighted by atomic mass is 32.1. The zero-order valence-electron chi connectivity index (χ0n) is 16.4. The molecule has 158 valence electrons. The number of para-hydroxylation sites is 1. The molecule has 0 bridgehead atoms. The number of non-ortho nitro benzene ring substituents is 1. The molecule has 4 rings (SSSR count). The fraction of sp³-hybridized carbons (Fsp3) is 0. The molecule has 2 N–H and O–H groups in total. The van der Waals surface area contributed by atoms with Crippen LogP contribution in [0.5, 0.6) is 0 Å². The number of carbonyl (C=O) groups is 1. The summed E-state index contributed by atoms with van der Waals surface area (Å²) in [7, 11) is 0. The van der Waals surface area contributed by atoms with Crippen molar-refractivity contribution >= 4 is 51.6 Å². The molecule has 11 heteroatoms. The van der Waals surface area contributed by atoms with Crippen molar-refractivity contribution in [1.82, 2.24) is 15.4 Å². The number of nitrogens with one attached hydrogen (secondary N) is 2. The van der Waals surface area contributed by atoms with Crippen molar-refractivity contribution < 1.29 is 9.72 Å². The monoisotopic (exact) mass is 445 g/mol. The van der Waals surface area contributed by atoms with Gasteiger partial charge < -0.3 is 0 Å². The highest BCUT2D eigenvalue weighted by molar-refractivity contribution is 7.13. The van der Waals surface area contributed by atoms with Crippen LogP contribution in [0.25, 0.3) is 10.9 Å². The smallest absolute Gasteiger partial charge is 0.265 e. The summed E-state index contributed by atoms with van der Waals surface area (Å²) >= 11 is 1.34. The minimum Gasteiger partial charge on any atom is -0.265 e. The third-order valence-corrected chi connectivity index (χ3v) is 5.12. The fourth-order valence-electron chi connectivity index (χ4n) is 2.77. The molecule has 2 heterocycles. The molecular weight excluding hydrogens is 430 g/mol. The van der Waals surface area contributed by atoms with E-state index in [1.54, 1.807) is 18.2 Å². The molecule has 4 aromatic rings. The van der Waals surface area contributed by atoms with Crippen LogP contribution in [0.1, 0.15) is 10.4 Å². The van der Waals surface area contributed by atoms with Crippen LogP contribution in [-0.4, -0.2) is 32.7 Å². The first-order valence-electron chi connectivity index (χ1n) is 9.27. The summed E-state index contributed by atoms with van der Waals surface area (Å²) in [6.45, 7) is 0. The van der Waals surface area contributed by atoms with Crippen molar-refractivity contribution in [3.8, 4) is 0 Å². The number of hydrazone groups is 2. The molecule has 0 unspecified atom stereocenters. The molecule has 0 spiro atoms. The number of nitrogens with zero attached hydrogens (tertiary/aromatic N) is 5. The number of benzene rings is 2. The average Bonchev–Trinajstić information content (AvgIpc) is 3.34. The minimum absolute atomic E-state index is 0.0672. The lowest BCUT2D eigenvalue weighted by Crippen LogP contribution is -2.28. The van der Waals surface area contributed by atoms with Crippen molar-refractivity contribution in [3.05, 3.63) is 92.9 Å². The summed E-state index contributed by atoms with van der Waals surface area (Å²) < 4.78 is 0. The van der Waals surface area contributed by atoms with Gasteiger partial charge in [-0.05, 0) is 23.6 Å². The largest absolute Gasteiger partial charge is 0.293 e. The van der Waals surface area contributed by atoms with E-state index >= 15 is 0 Å². The van der Waals surface area contributed by atoms with E-state index in [1.165, 1.54) is 42.1 Å². The molecule has 1 amide bonds. The van der Waals surface area contributed by atoms with Crippen LogP contribution < -0.4 is 10.9 Å². The maximum atomic E-state index is 12.8. The van der Waals surface area contributed by atoms with E-state index in [0.717, 1.165) is 10.9 Å². The van der Waals surface area contributed by atoms with E-state index in [-0.39, 0.29) is 11.4 Å². The number of nitro benzene ring substituents is 1. The maximum absolute atomic E-state index is 12.8. The quantitative estimate of drug-likeness (QED) is 0.254. The number of anilines is 1. The first-order valence-corrected chi connectivity index (χ1v) is 10.1. The number of amides is 1. The Labute approximate surface area is 185 Å². The number of hydrogen-bond donors (Lipinski definition) is 2. The van der Waals surface area contributed by atoms with Gasteiger partial charge in [0.1, 0.15) is 6.33 Å². The van der Waals surface area contributed by atoms with Crippen molar-refractivity contribution in [2.45, 2.75) is 0 Å². The van der Waals surface area contributed by atoms with Crippen molar-refractivity contribution in [1.29, 1.82) is 0 Å². The minimum atomic E-state index is -0.556. The summed E-state index contributed by atoms with van der Waals surface area (Å²) in [6, 6.07) is 16.9. The van der Waals surface area contributed by atoms with Gasteiger partial charge in [-0.1, -0.05) is 30.3 Å². The molecule has 32 heavy (non-hydrogen) atoms.